The van der Waals surface area contributed by atoms with E-state index in [-0.39, 0.29) is 174 Å². The zero-order chi connectivity index (χ0) is 48.0. The van der Waals surface area contributed by atoms with Crippen molar-refractivity contribution < 1.29 is 190 Å². The molecule has 352 valence electrons. The molecule has 3 saturated carbocycles. The Bertz CT molecular complexity index is 2270. The van der Waals surface area contributed by atoms with Gasteiger partial charge in [0.2, 0.25) is 0 Å². The first-order valence-corrected chi connectivity index (χ1v) is 24.6. The van der Waals surface area contributed by atoms with E-state index in [2.05, 4.69) is 9.88 Å². The Morgan fingerprint density at radius 2 is 1.15 bits per heavy atom. The molecule has 4 aromatic carbocycles. The number of halogens is 2. The van der Waals surface area contributed by atoms with Crippen molar-refractivity contribution in [3.05, 3.63) is 129 Å². The third-order valence-electron chi connectivity index (χ3n) is 9.72. The van der Waals surface area contributed by atoms with Crippen molar-refractivity contribution in [3.63, 3.8) is 0 Å². The van der Waals surface area contributed by atoms with Crippen molar-refractivity contribution in [1.29, 1.82) is 0 Å². The van der Waals surface area contributed by atoms with E-state index in [1.807, 2.05) is 44.2 Å². The van der Waals surface area contributed by atoms with E-state index in [1.54, 1.807) is 66.7 Å². The molecule has 3 N–H and O–H groups in total. The van der Waals surface area contributed by atoms with E-state index >= 15 is 0 Å². The number of aryl methyl sites for hydroxylation is 2. The first-order valence-electron chi connectivity index (χ1n) is 20.6. The number of ketones is 2. The first kappa shape index (κ1) is 67.6. The maximum atomic E-state index is 12.0. The number of carbonyl (C=O) groups is 4. The fraction of sp³-hybridized carbons (Fsp3) is 0.383. The Kier molecular flexibility index (Phi) is 40.1. The number of carbonyl (C=O) groups excluding carboxylic acids is 4. The summed E-state index contributed by atoms with van der Waals surface area (Å²) in [7, 11) is -5.49. The summed E-state index contributed by atoms with van der Waals surface area (Å²) < 4.78 is 46.4. The molecular formula is C47H60Cl2Cs2N2O11S2. The molecule has 0 amide bonds. The minimum atomic E-state index is -3.25. The van der Waals surface area contributed by atoms with Crippen molar-refractivity contribution in [2.45, 2.75) is 101 Å². The SMILES string of the molecule is CO.Cc1ccc(S(=O)(=O)CN)cc1.Cc1ccc(S(=O)(=O)CN=C2CCCC2)cc1.O=C(c1ccccc1Cl)C1CCCC1.O=C1CCCC1.O=CO[O-].O=Cc1ccccc1Cl.[Cs+].[Cs+].[H-]. The van der Waals surface area contributed by atoms with Gasteiger partial charge in [-0.2, -0.15) is 0 Å². The van der Waals surface area contributed by atoms with E-state index in [0.29, 0.717) is 31.9 Å². The fourth-order valence-electron chi connectivity index (χ4n) is 6.19. The number of aliphatic imine (C=N–C) groups is 1. The van der Waals surface area contributed by atoms with E-state index in [1.165, 1.54) is 12.8 Å². The van der Waals surface area contributed by atoms with Gasteiger partial charge in [-0.15, -0.1) is 0 Å². The first-order chi connectivity index (χ1) is 30.6. The quantitative estimate of drug-likeness (QED) is 0.107. The number of rotatable bonds is 9. The van der Waals surface area contributed by atoms with Gasteiger partial charge in [0.15, 0.2) is 31.7 Å². The fourth-order valence-corrected chi connectivity index (χ4v) is 8.39. The number of hydrogen-bond donors (Lipinski definition) is 2. The van der Waals surface area contributed by atoms with Crippen LogP contribution >= 0.6 is 23.2 Å². The normalized spacial score (nSPS) is 13.6. The maximum absolute atomic E-state index is 12.0. The Morgan fingerprint density at radius 1 is 0.727 bits per heavy atom. The third-order valence-corrected chi connectivity index (χ3v) is 13.3. The van der Waals surface area contributed by atoms with Gasteiger partial charge in [-0.1, -0.05) is 102 Å². The number of aldehydes is 1. The second kappa shape index (κ2) is 39.2. The van der Waals surface area contributed by atoms with Gasteiger partial charge >= 0.3 is 138 Å². The van der Waals surface area contributed by atoms with E-state index < -0.39 is 19.7 Å². The molecule has 0 spiro atoms. The van der Waals surface area contributed by atoms with Gasteiger partial charge in [0.1, 0.15) is 17.5 Å². The summed E-state index contributed by atoms with van der Waals surface area (Å²) in [5, 5.41) is 16.5. The van der Waals surface area contributed by atoms with Crippen molar-refractivity contribution in [3.8, 4) is 0 Å². The van der Waals surface area contributed by atoms with Crippen LogP contribution < -0.4 is 149 Å². The number of nitrogens with two attached hydrogens (primary N) is 1. The summed E-state index contributed by atoms with van der Waals surface area (Å²) in [4.78, 5) is 48.5. The van der Waals surface area contributed by atoms with Crippen LogP contribution in [0.15, 0.2) is 112 Å². The topological polar surface area (TPSA) is 227 Å². The van der Waals surface area contributed by atoms with Crippen LogP contribution in [0.1, 0.15) is 110 Å². The zero-order valence-corrected chi connectivity index (χ0v) is 54.2. The average Bonchev–Trinajstić information content (AvgIpc) is 4.14. The molecule has 4 aromatic rings. The average molecular weight is 1230 g/mol. The standard InChI is InChI=1S/C13H17NO2S.C12H13ClO.C8H11NO2S.C7H5ClO.C5H8O.CH2O3.CH4O.2Cs.H/c1-11-6-8-13(9-7-11)17(15,16)10-14-12-4-2-3-5-12;13-11-8-4-3-7-10(11)12(14)9-5-1-2-6-9;1-7-2-4-8(5-3-7)12(10,11)6-9;8-7-4-2-1-3-6(7)5-9;6-5-3-1-2-4-5;2-1-4-3;1-2;;;/h6-9H,2-5,10H2,1H3;3-4,7-9H,1-2,5-6H2;2-5H,6,9H2,1H3;1-5H;1-4H2;1,3H;2H,1H3;;;/q;;;;;;;2*+1;-1/p-1. The minimum Gasteiger partial charge on any atom is -1.00 e. The summed E-state index contributed by atoms with van der Waals surface area (Å²) in [5.74, 6) is 0.458. The van der Waals surface area contributed by atoms with Gasteiger partial charge in [0.05, 0.1) is 19.8 Å². The van der Waals surface area contributed by atoms with Crippen LogP contribution in [0.4, 0.5) is 0 Å². The van der Waals surface area contributed by atoms with Crippen LogP contribution in [-0.2, 0) is 34.2 Å². The molecule has 7 rings (SSSR count). The van der Waals surface area contributed by atoms with Crippen LogP contribution in [0.2, 0.25) is 10.0 Å². The summed E-state index contributed by atoms with van der Waals surface area (Å²) in [6, 6.07) is 27.8. The van der Waals surface area contributed by atoms with E-state index in [9.17, 15) is 31.2 Å². The summed E-state index contributed by atoms with van der Waals surface area (Å²) in [6.45, 7) is 3.66. The molecule has 19 heteroatoms. The molecule has 0 aromatic heterocycles. The van der Waals surface area contributed by atoms with Crippen molar-refractivity contribution >= 4 is 72.9 Å². The number of aliphatic hydroxyl groups is 1. The molecular weight excluding hydrogens is 1170 g/mol. The van der Waals surface area contributed by atoms with E-state index in [0.717, 1.165) is 94.4 Å². The van der Waals surface area contributed by atoms with Gasteiger partial charge in [0, 0.05) is 42.7 Å². The summed E-state index contributed by atoms with van der Waals surface area (Å²) in [6.07, 6.45) is 13.3. The van der Waals surface area contributed by atoms with Crippen LogP contribution in [0, 0.1) is 19.8 Å². The second-order valence-electron chi connectivity index (χ2n) is 14.5. The largest absolute Gasteiger partial charge is 1.00 e. The Balaban J connectivity index is -0.000000754. The maximum Gasteiger partial charge on any atom is 1.00 e. The third kappa shape index (κ3) is 27.8. The van der Waals surface area contributed by atoms with Gasteiger partial charge in [-0.25, -0.2) is 16.8 Å². The van der Waals surface area contributed by atoms with Crippen LogP contribution in [0.25, 0.3) is 0 Å². The Hall–Kier alpha value is -0.506. The Morgan fingerprint density at radius 3 is 1.53 bits per heavy atom. The van der Waals surface area contributed by atoms with Gasteiger partial charge in [0.25, 0.3) is 6.47 Å². The number of benzene rings is 4. The van der Waals surface area contributed by atoms with Crippen molar-refractivity contribution in [2.75, 3.05) is 18.9 Å². The molecule has 0 atom stereocenters. The minimum absolute atomic E-state index is 0. The molecule has 13 nitrogen and oxygen atoms in total. The van der Waals surface area contributed by atoms with Gasteiger partial charge < -0.3 is 22.4 Å². The molecule has 0 bridgehead atoms. The predicted octanol–water partition coefficient (Wildman–Crippen LogP) is 2.58. The number of Topliss-reactive ketones (excluding diaryl/α,β-unsaturated/α-hetero) is 2. The number of sulfone groups is 2. The number of aliphatic hydroxyl groups excluding tert-OH is 1. The van der Waals surface area contributed by atoms with Crippen molar-refractivity contribution in [2.24, 2.45) is 16.6 Å². The monoisotopic (exact) mass is 1230 g/mol. The van der Waals surface area contributed by atoms with Crippen LogP contribution in [0.3, 0.4) is 0 Å². The molecule has 3 aliphatic rings. The van der Waals surface area contributed by atoms with Crippen LogP contribution in [0.5, 0.6) is 0 Å². The number of nitrogens with zero attached hydrogens (tertiary/aromatic N) is 1. The smallest absolute Gasteiger partial charge is 1.00 e. The van der Waals surface area contributed by atoms with Crippen LogP contribution in [-0.4, -0.2) is 70.8 Å². The van der Waals surface area contributed by atoms with Gasteiger partial charge in [-0.3, -0.25) is 24.2 Å². The molecule has 3 fully saturated rings. The Labute approximate surface area is 519 Å². The molecule has 3 aliphatic carbocycles. The van der Waals surface area contributed by atoms with Crippen molar-refractivity contribution in [1.82, 2.24) is 0 Å². The molecule has 0 heterocycles. The predicted molar refractivity (Wildman–Crippen MR) is 251 cm³/mol. The molecule has 0 unspecified atom stereocenters. The molecule has 0 radical (unpaired) electrons. The van der Waals surface area contributed by atoms with Gasteiger partial charge in [-0.05, 0) is 108 Å². The number of hydrogen-bond acceptors (Lipinski definition) is 13. The van der Waals surface area contributed by atoms with E-state index in [4.69, 9.17) is 44.1 Å². The zero-order valence-electron chi connectivity index (χ0n) is 39.5. The summed E-state index contributed by atoms with van der Waals surface area (Å²) in [5.41, 5.74) is 9.48. The molecule has 0 saturated heterocycles. The molecule has 0 aliphatic heterocycles. The second-order valence-corrected chi connectivity index (χ2v) is 19.3. The summed E-state index contributed by atoms with van der Waals surface area (Å²) >= 11 is 11.6. The molecule has 66 heavy (non-hydrogen) atoms.